The molecule has 3 aromatic rings. The quantitative estimate of drug-likeness (QED) is 0.781. The molecule has 0 fully saturated rings. The highest BCUT2D eigenvalue weighted by Crippen LogP contribution is 2.29. The fourth-order valence-corrected chi connectivity index (χ4v) is 2.70. The Balaban J connectivity index is 2.04. The van der Waals surface area contributed by atoms with Gasteiger partial charge in [-0.3, -0.25) is 4.57 Å². The molecule has 0 aliphatic heterocycles. The van der Waals surface area contributed by atoms with E-state index in [1.807, 2.05) is 12.1 Å². The fraction of sp³-hybridized carbons (Fsp3) is 0.231. The van der Waals surface area contributed by atoms with Crippen molar-refractivity contribution in [2.75, 3.05) is 11.9 Å². The van der Waals surface area contributed by atoms with E-state index in [2.05, 4.69) is 32.2 Å². The SMILES string of the molecule is CCCNc1nc(-c2ccc(Cl)s2)nc(-n2ccnc2)n1. The second kappa shape index (κ2) is 6.19. The van der Waals surface area contributed by atoms with E-state index in [4.69, 9.17) is 11.6 Å². The molecule has 3 rings (SSSR count). The molecule has 3 heterocycles. The summed E-state index contributed by atoms with van der Waals surface area (Å²) >= 11 is 7.43. The van der Waals surface area contributed by atoms with E-state index < -0.39 is 0 Å². The minimum atomic E-state index is 0.528. The van der Waals surface area contributed by atoms with Gasteiger partial charge in [0.15, 0.2) is 5.82 Å². The Kier molecular flexibility index (Phi) is 4.12. The van der Waals surface area contributed by atoms with Gasteiger partial charge in [0, 0.05) is 18.9 Å². The zero-order valence-corrected chi connectivity index (χ0v) is 12.9. The van der Waals surface area contributed by atoms with Crippen molar-refractivity contribution in [2.45, 2.75) is 13.3 Å². The molecular weight excluding hydrogens is 308 g/mol. The second-order valence-electron chi connectivity index (χ2n) is 4.28. The molecule has 3 aromatic heterocycles. The van der Waals surface area contributed by atoms with E-state index >= 15 is 0 Å². The molecular formula is C13H13ClN6S. The minimum Gasteiger partial charge on any atom is -0.354 e. The van der Waals surface area contributed by atoms with Gasteiger partial charge in [0.1, 0.15) is 6.33 Å². The van der Waals surface area contributed by atoms with Gasteiger partial charge in [0.25, 0.3) is 0 Å². The molecule has 0 aliphatic carbocycles. The van der Waals surface area contributed by atoms with Crippen LogP contribution in [0.3, 0.4) is 0 Å². The summed E-state index contributed by atoms with van der Waals surface area (Å²) in [6.07, 6.45) is 6.13. The van der Waals surface area contributed by atoms with Crippen molar-refractivity contribution in [1.29, 1.82) is 0 Å². The highest BCUT2D eigenvalue weighted by Gasteiger charge is 2.11. The summed E-state index contributed by atoms with van der Waals surface area (Å²) in [6.45, 7) is 2.89. The van der Waals surface area contributed by atoms with Crippen LogP contribution in [0.5, 0.6) is 0 Å². The van der Waals surface area contributed by atoms with Crippen LogP contribution in [-0.4, -0.2) is 31.0 Å². The predicted octanol–water partition coefficient (Wildman–Crippen LogP) is 3.26. The maximum absolute atomic E-state index is 5.99. The third kappa shape index (κ3) is 3.20. The summed E-state index contributed by atoms with van der Waals surface area (Å²) in [5, 5.41) is 3.19. The Morgan fingerprint density at radius 2 is 2.19 bits per heavy atom. The molecule has 0 atom stereocenters. The van der Waals surface area contributed by atoms with Gasteiger partial charge in [-0.25, -0.2) is 4.98 Å². The number of hydrogen-bond donors (Lipinski definition) is 1. The first kappa shape index (κ1) is 14.0. The first-order valence-corrected chi connectivity index (χ1v) is 7.69. The summed E-state index contributed by atoms with van der Waals surface area (Å²) in [7, 11) is 0. The lowest BCUT2D eigenvalue weighted by molar-refractivity contribution is 0.884. The Hall–Kier alpha value is -1.99. The van der Waals surface area contributed by atoms with Crippen LogP contribution in [0.25, 0.3) is 16.6 Å². The van der Waals surface area contributed by atoms with Gasteiger partial charge in [0.2, 0.25) is 11.9 Å². The first-order chi connectivity index (χ1) is 10.3. The predicted molar refractivity (Wildman–Crippen MR) is 84.1 cm³/mol. The topological polar surface area (TPSA) is 68.5 Å². The van der Waals surface area contributed by atoms with E-state index in [1.54, 1.807) is 23.3 Å². The highest BCUT2D eigenvalue weighted by atomic mass is 35.5. The van der Waals surface area contributed by atoms with Crippen molar-refractivity contribution in [2.24, 2.45) is 0 Å². The maximum atomic E-state index is 5.99. The summed E-state index contributed by atoms with van der Waals surface area (Å²) in [6, 6.07) is 3.74. The molecule has 1 N–H and O–H groups in total. The summed E-state index contributed by atoms with van der Waals surface area (Å²) in [5.74, 6) is 1.68. The van der Waals surface area contributed by atoms with Crippen molar-refractivity contribution in [3.63, 3.8) is 0 Å². The van der Waals surface area contributed by atoms with E-state index in [-0.39, 0.29) is 0 Å². The van der Waals surface area contributed by atoms with Gasteiger partial charge in [-0.15, -0.1) is 11.3 Å². The van der Waals surface area contributed by atoms with Crippen LogP contribution in [0.1, 0.15) is 13.3 Å². The van der Waals surface area contributed by atoms with Crippen molar-refractivity contribution in [1.82, 2.24) is 24.5 Å². The molecule has 0 spiro atoms. The molecule has 0 bridgehead atoms. The van der Waals surface area contributed by atoms with Crippen LogP contribution in [0.15, 0.2) is 30.9 Å². The monoisotopic (exact) mass is 320 g/mol. The molecule has 6 nitrogen and oxygen atoms in total. The standard InChI is InChI=1S/C13H13ClN6S/c1-2-5-16-12-17-11(9-3-4-10(14)21-9)18-13(19-12)20-7-6-15-8-20/h3-4,6-8H,2,5H2,1H3,(H,16,17,18,19). The van der Waals surface area contributed by atoms with E-state index in [0.29, 0.717) is 22.1 Å². The van der Waals surface area contributed by atoms with Crippen LogP contribution in [0.4, 0.5) is 5.95 Å². The van der Waals surface area contributed by atoms with Gasteiger partial charge in [0.05, 0.1) is 9.21 Å². The largest absolute Gasteiger partial charge is 0.354 e. The number of anilines is 1. The van der Waals surface area contributed by atoms with Gasteiger partial charge in [-0.05, 0) is 18.6 Å². The molecule has 0 saturated heterocycles. The van der Waals surface area contributed by atoms with Crippen LogP contribution in [-0.2, 0) is 0 Å². The first-order valence-electron chi connectivity index (χ1n) is 6.50. The molecule has 8 heteroatoms. The van der Waals surface area contributed by atoms with Crippen LogP contribution < -0.4 is 5.32 Å². The Morgan fingerprint density at radius 3 is 2.86 bits per heavy atom. The number of nitrogens with zero attached hydrogens (tertiary/aromatic N) is 5. The smallest absolute Gasteiger partial charge is 0.240 e. The molecule has 0 saturated carbocycles. The Bertz CT molecular complexity index is 724. The number of nitrogens with one attached hydrogen (secondary N) is 1. The molecule has 0 radical (unpaired) electrons. The zero-order valence-electron chi connectivity index (χ0n) is 11.3. The number of hydrogen-bond acceptors (Lipinski definition) is 6. The molecule has 0 unspecified atom stereocenters. The summed E-state index contributed by atoms with van der Waals surface area (Å²) < 4.78 is 2.45. The van der Waals surface area contributed by atoms with Gasteiger partial charge >= 0.3 is 0 Å². The maximum Gasteiger partial charge on any atom is 0.240 e. The number of imidazole rings is 1. The Labute approximate surface area is 130 Å². The lowest BCUT2D eigenvalue weighted by Gasteiger charge is -2.07. The molecule has 0 aliphatic rings. The zero-order chi connectivity index (χ0) is 14.7. The number of aromatic nitrogens is 5. The van der Waals surface area contributed by atoms with Crippen molar-refractivity contribution >= 4 is 28.9 Å². The number of thiophene rings is 1. The number of halogens is 1. The van der Waals surface area contributed by atoms with Crippen LogP contribution >= 0.6 is 22.9 Å². The third-order valence-corrected chi connectivity index (χ3v) is 3.91. The van der Waals surface area contributed by atoms with Gasteiger partial charge in [-0.1, -0.05) is 18.5 Å². The van der Waals surface area contributed by atoms with Crippen molar-refractivity contribution in [3.8, 4) is 16.6 Å². The molecule has 0 amide bonds. The van der Waals surface area contributed by atoms with Crippen LogP contribution in [0.2, 0.25) is 4.34 Å². The van der Waals surface area contributed by atoms with Gasteiger partial charge < -0.3 is 5.32 Å². The minimum absolute atomic E-state index is 0.528. The van der Waals surface area contributed by atoms with Crippen molar-refractivity contribution in [3.05, 3.63) is 35.2 Å². The molecule has 0 aromatic carbocycles. The van der Waals surface area contributed by atoms with E-state index in [1.165, 1.54) is 11.3 Å². The molecule has 108 valence electrons. The van der Waals surface area contributed by atoms with Crippen LogP contribution in [0, 0.1) is 0 Å². The Morgan fingerprint density at radius 1 is 1.29 bits per heavy atom. The van der Waals surface area contributed by atoms with Crippen molar-refractivity contribution < 1.29 is 0 Å². The summed E-state index contributed by atoms with van der Waals surface area (Å²) in [4.78, 5) is 18.3. The average molecular weight is 321 g/mol. The third-order valence-electron chi connectivity index (χ3n) is 2.69. The normalized spacial score (nSPS) is 10.8. The fourth-order valence-electron chi connectivity index (χ4n) is 1.72. The molecule has 21 heavy (non-hydrogen) atoms. The van der Waals surface area contributed by atoms with E-state index in [0.717, 1.165) is 17.8 Å². The lowest BCUT2D eigenvalue weighted by atomic mass is 10.4. The van der Waals surface area contributed by atoms with Gasteiger partial charge in [-0.2, -0.15) is 15.0 Å². The second-order valence-corrected chi connectivity index (χ2v) is 6.00. The highest BCUT2D eigenvalue weighted by molar-refractivity contribution is 7.19. The summed E-state index contributed by atoms with van der Waals surface area (Å²) in [5.41, 5.74) is 0. The number of rotatable bonds is 5. The van der Waals surface area contributed by atoms with E-state index in [9.17, 15) is 0 Å². The lowest BCUT2D eigenvalue weighted by Crippen LogP contribution is -2.09. The average Bonchev–Trinajstić information content (AvgIpc) is 3.16.